The van der Waals surface area contributed by atoms with Gasteiger partial charge in [-0.3, -0.25) is 0 Å². The number of fused-ring (bicyclic) bond motifs is 2. The summed E-state index contributed by atoms with van der Waals surface area (Å²) >= 11 is 0. The predicted molar refractivity (Wildman–Crippen MR) is 95.0 cm³/mol. The van der Waals surface area contributed by atoms with Gasteiger partial charge in [-0.2, -0.15) is 0 Å². The van der Waals surface area contributed by atoms with Crippen molar-refractivity contribution in [2.75, 3.05) is 25.0 Å². The second-order valence-corrected chi connectivity index (χ2v) is 7.15. The van der Waals surface area contributed by atoms with Crippen molar-refractivity contribution < 1.29 is 9.53 Å². The van der Waals surface area contributed by atoms with Gasteiger partial charge in [0.15, 0.2) is 0 Å². The van der Waals surface area contributed by atoms with E-state index in [9.17, 15) is 4.79 Å². The molecular weight excluding hydrogens is 288 g/mol. The fraction of sp³-hybridized carbons (Fsp3) is 0.632. The van der Waals surface area contributed by atoms with E-state index in [-0.39, 0.29) is 11.5 Å². The van der Waals surface area contributed by atoms with Crippen LogP contribution >= 0.6 is 0 Å². The molecule has 1 aromatic rings. The van der Waals surface area contributed by atoms with Crippen molar-refractivity contribution in [1.82, 2.24) is 4.90 Å². The average Bonchev–Trinajstić information content (AvgIpc) is 2.88. The number of hydrogen-bond acceptors (Lipinski definition) is 3. The van der Waals surface area contributed by atoms with Gasteiger partial charge < -0.3 is 15.0 Å². The van der Waals surface area contributed by atoms with Gasteiger partial charge in [0.2, 0.25) is 0 Å². The molecule has 3 rings (SSSR count). The van der Waals surface area contributed by atoms with Gasteiger partial charge in [0, 0.05) is 30.7 Å². The van der Waals surface area contributed by atoms with E-state index in [1.807, 2.05) is 39.5 Å². The highest BCUT2D eigenvalue weighted by Gasteiger charge is 2.42. The number of piperidine rings is 1. The second kappa shape index (κ2) is 6.81. The van der Waals surface area contributed by atoms with E-state index in [1.165, 1.54) is 11.3 Å². The van der Waals surface area contributed by atoms with E-state index < -0.39 is 5.60 Å². The number of benzene rings is 1. The van der Waals surface area contributed by atoms with Gasteiger partial charge in [-0.1, -0.05) is 32.0 Å². The van der Waals surface area contributed by atoms with E-state index in [2.05, 4.69) is 29.6 Å². The van der Waals surface area contributed by atoms with E-state index in [4.69, 9.17) is 4.74 Å². The summed E-state index contributed by atoms with van der Waals surface area (Å²) in [6, 6.07) is 8.54. The molecule has 2 heterocycles. The molecule has 1 fully saturated rings. The normalized spacial score (nSPS) is 18.6. The number of nitrogens with one attached hydrogen (secondary N) is 1. The zero-order valence-electron chi connectivity index (χ0n) is 15.1. The summed E-state index contributed by atoms with van der Waals surface area (Å²) in [6.45, 7) is 12.2. The molecule has 1 amide bonds. The molecule has 23 heavy (non-hydrogen) atoms. The second-order valence-electron chi connectivity index (χ2n) is 7.15. The van der Waals surface area contributed by atoms with Crippen LogP contribution in [0, 0.1) is 0 Å². The van der Waals surface area contributed by atoms with Crippen LogP contribution in [0.4, 0.5) is 10.5 Å². The molecule has 0 atom stereocenters. The first-order valence-corrected chi connectivity index (χ1v) is 8.71. The van der Waals surface area contributed by atoms with Crippen molar-refractivity contribution in [2.45, 2.75) is 58.5 Å². The molecular formula is C19H30N2O2. The molecule has 1 saturated heterocycles. The number of rotatable bonds is 0. The van der Waals surface area contributed by atoms with Gasteiger partial charge in [-0.15, -0.1) is 0 Å². The molecule has 1 aromatic carbocycles. The van der Waals surface area contributed by atoms with Crippen LogP contribution in [-0.4, -0.2) is 36.2 Å². The summed E-state index contributed by atoms with van der Waals surface area (Å²) in [5, 5.41) is 3.51. The van der Waals surface area contributed by atoms with Gasteiger partial charge >= 0.3 is 6.09 Å². The van der Waals surface area contributed by atoms with Crippen molar-refractivity contribution >= 4 is 11.8 Å². The number of likely N-dealkylation sites (tertiary alicyclic amines) is 1. The first-order valence-electron chi connectivity index (χ1n) is 8.71. The molecule has 2 aliphatic heterocycles. The van der Waals surface area contributed by atoms with Gasteiger partial charge in [0.05, 0.1) is 0 Å². The van der Waals surface area contributed by atoms with Crippen LogP contribution in [0.1, 0.15) is 53.0 Å². The number of nitrogens with zero attached hydrogens (tertiary/aromatic N) is 1. The van der Waals surface area contributed by atoms with Gasteiger partial charge in [0.1, 0.15) is 5.60 Å². The lowest BCUT2D eigenvalue weighted by molar-refractivity contribution is 0.0172. The van der Waals surface area contributed by atoms with Crippen LogP contribution in [0.3, 0.4) is 0 Å². The topological polar surface area (TPSA) is 41.6 Å². The molecule has 0 aromatic heterocycles. The molecule has 0 radical (unpaired) electrons. The number of carbonyl (C=O) groups excluding carboxylic acids is 1. The third-order valence-electron chi connectivity index (χ3n) is 4.49. The third-order valence-corrected chi connectivity index (χ3v) is 4.49. The molecule has 1 spiro atoms. The maximum atomic E-state index is 12.2. The minimum absolute atomic E-state index is 0.184. The Balaban J connectivity index is 0.000000924. The molecule has 0 saturated carbocycles. The minimum atomic E-state index is -0.423. The molecule has 4 nitrogen and oxygen atoms in total. The van der Waals surface area contributed by atoms with E-state index >= 15 is 0 Å². The summed E-state index contributed by atoms with van der Waals surface area (Å²) in [5.74, 6) is 0. The summed E-state index contributed by atoms with van der Waals surface area (Å²) < 4.78 is 5.47. The summed E-state index contributed by atoms with van der Waals surface area (Å²) in [7, 11) is 0. The van der Waals surface area contributed by atoms with Gasteiger partial charge in [-0.05, 0) is 45.2 Å². The Morgan fingerprint density at radius 1 is 1.17 bits per heavy atom. The largest absolute Gasteiger partial charge is 0.444 e. The SMILES string of the molecule is CC.CC(C)(C)OC(=O)N1CCC2(CC1)CNc1ccccc12. The van der Waals surface area contributed by atoms with Crippen molar-refractivity contribution in [3.05, 3.63) is 29.8 Å². The summed E-state index contributed by atoms with van der Waals surface area (Å²) in [5.41, 5.74) is 2.43. The summed E-state index contributed by atoms with van der Waals surface area (Å²) in [4.78, 5) is 14.0. The quantitative estimate of drug-likeness (QED) is 0.770. The van der Waals surface area contributed by atoms with Crippen LogP contribution in [0.5, 0.6) is 0 Å². The highest BCUT2D eigenvalue weighted by Crippen LogP contribution is 2.43. The minimum Gasteiger partial charge on any atom is -0.444 e. The van der Waals surface area contributed by atoms with Crippen molar-refractivity contribution in [1.29, 1.82) is 0 Å². The van der Waals surface area contributed by atoms with Crippen molar-refractivity contribution in [3.63, 3.8) is 0 Å². The van der Waals surface area contributed by atoms with Crippen molar-refractivity contribution in [3.8, 4) is 0 Å². The number of carbonyl (C=O) groups is 1. The zero-order chi connectivity index (χ0) is 17.1. The Hall–Kier alpha value is -1.71. The zero-order valence-corrected chi connectivity index (χ0v) is 15.1. The smallest absolute Gasteiger partial charge is 0.410 e. The molecule has 2 aliphatic rings. The van der Waals surface area contributed by atoms with E-state index in [1.54, 1.807) is 0 Å². The molecule has 0 bridgehead atoms. The van der Waals surface area contributed by atoms with E-state index in [0.29, 0.717) is 0 Å². The Labute approximate surface area is 140 Å². The lowest BCUT2D eigenvalue weighted by atomic mass is 9.74. The third kappa shape index (κ3) is 3.80. The Morgan fingerprint density at radius 3 is 2.39 bits per heavy atom. The number of anilines is 1. The Bertz CT molecular complexity index is 541. The lowest BCUT2D eigenvalue weighted by Crippen LogP contribution is -2.47. The maximum Gasteiger partial charge on any atom is 0.410 e. The number of amides is 1. The number of ether oxygens (including phenoxy) is 1. The molecule has 0 unspecified atom stereocenters. The monoisotopic (exact) mass is 318 g/mol. The van der Waals surface area contributed by atoms with Crippen LogP contribution in [0.2, 0.25) is 0 Å². The molecule has 1 N–H and O–H groups in total. The highest BCUT2D eigenvalue weighted by molar-refractivity contribution is 5.69. The van der Waals surface area contributed by atoms with Crippen LogP contribution in [0.25, 0.3) is 0 Å². The van der Waals surface area contributed by atoms with Crippen molar-refractivity contribution in [2.24, 2.45) is 0 Å². The highest BCUT2D eigenvalue weighted by atomic mass is 16.6. The average molecular weight is 318 g/mol. The Kier molecular flexibility index (Phi) is 5.23. The van der Waals surface area contributed by atoms with Crippen LogP contribution < -0.4 is 5.32 Å². The van der Waals surface area contributed by atoms with Crippen LogP contribution in [0.15, 0.2) is 24.3 Å². The maximum absolute atomic E-state index is 12.2. The fourth-order valence-electron chi connectivity index (χ4n) is 3.35. The van der Waals surface area contributed by atoms with Gasteiger partial charge in [0.25, 0.3) is 0 Å². The lowest BCUT2D eigenvalue weighted by Gasteiger charge is -2.39. The summed E-state index contributed by atoms with van der Waals surface area (Å²) in [6.07, 6.45) is 1.81. The van der Waals surface area contributed by atoms with Gasteiger partial charge in [-0.25, -0.2) is 4.79 Å². The molecule has 128 valence electrons. The Morgan fingerprint density at radius 2 is 1.78 bits per heavy atom. The predicted octanol–water partition coefficient (Wildman–Crippen LogP) is 4.41. The van der Waals surface area contributed by atoms with E-state index in [0.717, 1.165) is 32.5 Å². The molecule has 4 heteroatoms. The van der Waals surface area contributed by atoms with Crippen LogP contribution in [-0.2, 0) is 10.2 Å². The first-order chi connectivity index (χ1) is 10.9. The first kappa shape index (κ1) is 17.6. The fourth-order valence-corrected chi connectivity index (χ4v) is 3.35. The molecule has 0 aliphatic carbocycles. The number of para-hydroxylation sites is 1. The number of hydrogen-bond donors (Lipinski definition) is 1. The standard InChI is InChI=1S/C17H24N2O2.C2H6/c1-16(2,3)21-15(20)19-10-8-17(9-11-19)12-18-14-7-5-4-6-13(14)17;1-2/h4-7,18H,8-12H2,1-3H3;1-2H3.